The number of carbonyl (C=O) groups is 2. The fraction of sp³-hybridized carbons (Fsp3) is 0.227. The maximum atomic E-state index is 12.1. The molecule has 0 unspecified atom stereocenters. The van der Waals surface area contributed by atoms with Gasteiger partial charge in [-0.1, -0.05) is 23.7 Å². The molecule has 0 saturated heterocycles. The average Bonchev–Trinajstić information content (AvgIpc) is 2.73. The Hall–Kier alpha value is -3.12. The summed E-state index contributed by atoms with van der Waals surface area (Å²) in [5.41, 5.74) is 4.06. The molecule has 150 valence electrons. The standard InChI is InChI=1S/C22H21ClN2O4/c1-13-4-5-16-10-17(21(23)25-20(16)14(13)2)12-29-19(26)11-24-22(27)15-6-8-18(28-3)9-7-15/h4-10H,11-12H2,1-3H3,(H,24,27). The monoisotopic (exact) mass is 412 g/mol. The summed E-state index contributed by atoms with van der Waals surface area (Å²) in [6.45, 7) is 3.74. The smallest absolute Gasteiger partial charge is 0.325 e. The van der Waals surface area contributed by atoms with Crippen LogP contribution in [0, 0.1) is 13.8 Å². The summed E-state index contributed by atoms with van der Waals surface area (Å²) in [5.74, 6) is -0.295. The number of halogens is 1. The highest BCUT2D eigenvalue weighted by Crippen LogP contribution is 2.25. The molecule has 0 bridgehead atoms. The highest BCUT2D eigenvalue weighted by molar-refractivity contribution is 6.30. The van der Waals surface area contributed by atoms with E-state index in [9.17, 15) is 9.59 Å². The molecule has 6 nitrogen and oxygen atoms in total. The molecule has 0 radical (unpaired) electrons. The van der Waals surface area contributed by atoms with Gasteiger partial charge in [-0.05, 0) is 55.3 Å². The Kier molecular flexibility index (Phi) is 6.34. The summed E-state index contributed by atoms with van der Waals surface area (Å²) in [4.78, 5) is 28.5. The van der Waals surface area contributed by atoms with E-state index in [2.05, 4.69) is 10.3 Å². The van der Waals surface area contributed by atoms with Crippen LogP contribution in [0.1, 0.15) is 27.0 Å². The molecule has 1 N–H and O–H groups in total. The SMILES string of the molecule is COc1ccc(C(=O)NCC(=O)OCc2cc3ccc(C)c(C)c3nc2Cl)cc1. The number of rotatable bonds is 6. The minimum Gasteiger partial charge on any atom is -0.497 e. The molecule has 29 heavy (non-hydrogen) atoms. The molecule has 2 aromatic carbocycles. The van der Waals surface area contributed by atoms with Crippen molar-refractivity contribution in [3.05, 3.63) is 69.9 Å². The lowest BCUT2D eigenvalue weighted by atomic mass is 10.0. The number of nitrogens with zero attached hydrogens (tertiary/aromatic N) is 1. The second kappa shape index (κ2) is 8.92. The van der Waals surface area contributed by atoms with Gasteiger partial charge in [0.25, 0.3) is 5.91 Å². The fourth-order valence-electron chi connectivity index (χ4n) is 2.81. The number of nitrogens with one attached hydrogen (secondary N) is 1. The van der Waals surface area contributed by atoms with Crippen LogP contribution in [-0.4, -0.2) is 30.5 Å². The van der Waals surface area contributed by atoms with E-state index in [4.69, 9.17) is 21.1 Å². The first-order chi connectivity index (χ1) is 13.9. The van der Waals surface area contributed by atoms with E-state index < -0.39 is 5.97 Å². The van der Waals surface area contributed by atoms with E-state index >= 15 is 0 Å². The van der Waals surface area contributed by atoms with Gasteiger partial charge in [0.1, 0.15) is 24.1 Å². The lowest BCUT2D eigenvalue weighted by molar-refractivity contribution is -0.143. The van der Waals surface area contributed by atoms with Crippen molar-refractivity contribution in [3.8, 4) is 5.75 Å². The van der Waals surface area contributed by atoms with Gasteiger partial charge in [-0.2, -0.15) is 0 Å². The van der Waals surface area contributed by atoms with Crippen LogP contribution >= 0.6 is 11.6 Å². The van der Waals surface area contributed by atoms with Gasteiger partial charge in [0, 0.05) is 16.5 Å². The van der Waals surface area contributed by atoms with Gasteiger partial charge >= 0.3 is 5.97 Å². The van der Waals surface area contributed by atoms with E-state index in [1.165, 1.54) is 0 Å². The molecule has 7 heteroatoms. The summed E-state index contributed by atoms with van der Waals surface area (Å²) < 4.78 is 10.3. The summed E-state index contributed by atoms with van der Waals surface area (Å²) in [7, 11) is 1.55. The minimum atomic E-state index is -0.567. The second-order valence-corrected chi connectivity index (χ2v) is 6.95. The molecular formula is C22H21ClN2O4. The lowest BCUT2D eigenvalue weighted by Gasteiger charge is -2.10. The van der Waals surface area contributed by atoms with Crippen molar-refractivity contribution in [2.45, 2.75) is 20.5 Å². The maximum absolute atomic E-state index is 12.1. The van der Waals surface area contributed by atoms with Gasteiger partial charge < -0.3 is 14.8 Å². The summed E-state index contributed by atoms with van der Waals surface area (Å²) in [6.07, 6.45) is 0. The Morgan fingerprint density at radius 1 is 1.10 bits per heavy atom. The fourth-order valence-corrected chi connectivity index (χ4v) is 3.01. The Balaban J connectivity index is 1.58. The number of methoxy groups -OCH3 is 1. The van der Waals surface area contributed by atoms with Crippen LogP contribution in [0.2, 0.25) is 5.15 Å². The summed E-state index contributed by atoms with van der Waals surface area (Å²) in [6, 6.07) is 12.4. The highest BCUT2D eigenvalue weighted by Gasteiger charge is 2.12. The number of fused-ring (bicyclic) bond motifs is 1. The second-order valence-electron chi connectivity index (χ2n) is 6.59. The van der Waals surface area contributed by atoms with Gasteiger partial charge in [-0.25, -0.2) is 4.98 Å². The molecule has 0 aliphatic heterocycles. The molecule has 0 aliphatic rings. The number of ether oxygens (including phenoxy) is 2. The number of esters is 1. The normalized spacial score (nSPS) is 10.6. The highest BCUT2D eigenvalue weighted by atomic mass is 35.5. The van der Waals surface area contributed by atoms with Crippen LogP contribution in [0.3, 0.4) is 0 Å². The molecule has 0 atom stereocenters. The van der Waals surface area contributed by atoms with E-state index in [0.717, 1.165) is 22.0 Å². The number of benzene rings is 2. The van der Waals surface area contributed by atoms with Crippen molar-refractivity contribution < 1.29 is 19.1 Å². The number of aromatic nitrogens is 1. The Morgan fingerprint density at radius 3 is 2.52 bits per heavy atom. The third-order valence-corrected chi connectivity index (χ3v) is 5.00. The molecule has 3 rings (SSSR count). The topological polar surface area (TPSA) is 77.5 Å². The van der Waals surface area contributed by atoms with Crippen molar-refractivity contribution in [2.24, 2.45) is 0 Å². The predicted molar refractivity (Wildman–Crippen MR) is 111 cm³/mol. The lowest BCUT2D eigenvalue weighted by Crippen LogP contribution is -2.30. The molecule has 0 aliphatic carbocycles. The van der Waals surface area contributed by atoms with Gasteiger partial charge in [0.05, 0.1) is 12.6 Å². The van der Waals surface area contributed by atoms with Crippen molar-refractivity contribution in [1.29, 1.82) is 0 Å². The van der Waals surface area contributed by atoms with Crippen molar-refractivity contribution in [2.75, 3.05) is 13.7 Å². The Labute approximate surface area is 173 Å². The molecular weight excluding hydrogens is 392 g/mol. The first-order valence-corrected chi connectivity index (χ1v) is 9.40. The third-order valence-electron chi connectivity index (χ3n) is 4.67. The van der Waals surface area contributed by atoms with Crippen molar-refractivity contribution in [3.63, 3.8) is 0 Å². The van der Waals surface area contributed by atoms with Crippen molar-refractivity contribution >= 4 is 34.4 Å². The number of amides is 1. The molecule has 3 aromatic rings. The van der Waals surface area contributed by atoms with E-state index in [0.29, 0.717) is 22.0 Å². The number of hydrogen-bond acceptors (Lipinski definition) is 5. The molecule has 0 spiro atoms. The van der Waals surface area contributed by atoms with Crippen LogP contribution < -0.4 is 10.1 Å². The van der Waals surface area contributed by atoms with E-state index in [1.807, 2.05) is 32.0 Å². The number of hydrogen-bond donors (Lipinski definition) is 1. The average molecular weight is 413 g/mol. The maximum Gasteiger partial charge on any atom is 0.325 e. The Morgan fingerprint density at radius 2 is 1.83 bits per heavy atom. The van der Waals surface area contributed by atoms with Crippen LogP contribution in [0.15, 0.2) is 42.5 Å². The number of aryl methyl sites for hydroxylation is 2. The predicted octanol–water partition coefficient (Wildman–Crippen LogP) is 3.99. The molecule has 1 aromatic heterocycles. The van der Waals surface area contributed by atoms with Gasteiger partial charge in [0.15, 0.2) is 0 Å². The molecule has 0 saturated carbocycles. The third kappa shape index (κ3) is 4.84. The van der Waals surface area contributed by atoms with Crippen LogP contribution in [0.25, 0.3) is 10.9 Å². The molecule has 1 amide bonds. The summed E-state index contributed by atoms with van der Waals surface area (Å²) in [5, 5.41) is 3.75. The first kappa shape index (κ1) is 20.6. The number of pyridine rings is 1. The van der Waals surface area contributed by atoms with Gasteiger partial charge in [-0.15, -0.1) is 0 Å². The zero-order chi connectivity index (χ0) is 21.0. The summed E-state index contributed by atoms with van der Waals surface area (Å²) >= 11 is 6.26. The van der Waals surface area contributed by atoms with Crippen LogP contribution in [0.5, 0.6) is 5.75 Å². The quantitative estimate of drug-likeness (QED) is 0.489. The molecule has 0 fully saturated rings. The zero-order valence-electron chi connectivity index (χ0n) is 16.4. The van der Waals surface area contributed by atoms with Crippen molar-refractivity contribution in [1.82, 2.24) is 10.3 Å². The first-order valence-electron chi connectivity index (χ1n) is 9.02. The van der Waals surface area contributed by atoms with Crippen LogP contribution in [-0.2, 0) is 16.1 Å². The number of carbonyl (C=O) groups excluding carboxylic acids is 2. The van der Waals surface area contributed by atoms with Gasteiger partial charge in [-0.3, -0.25) is 9.59 Å². The molecule has 1 heterocycles. The van der Waals surface area contributed by atoms with E-state index in [1.54, 1.807) is 31.4 Å². The van der Waals surface area contributed by atoms with Gasteiger partial charge in [0.2, 0.25) is 0 Å². The Bertz CT molecular complexity index is 1060. The van der Waals surface area contributed by atoms with Crippen LogP contribution in [0.4, 0.5) is 0 Å². The minimum absolute atomic E-state index is 0.0219. The zero-order valence-corrected chi connectivity index (χ0v) is 17.2. The van der Waals surface area contributed by atoms with E-state index in [-0.39, 0.29) is 19.1 Å². The largest absolute Gasteiger partial charge is 0.497 e.